The topological polar surface area (TPSA) is 30.5 Å². The molecule has 0 saturated carbocycles. The molecule has 2 rings (SSSR count). The molecule has 21 heavy (non-hydrogen) atoms. The first-order chi connectivity index (χ1) is 10.0. The predicted octanol–water partition coefficient (Wildman–Crippen LogP) is 3.81. The minimum atomic E-state index is -4.68. The van der Waals surface area contributed by atoms with E-state index in [2.05, 4.69) is 10.2 Å². The lowest BCUT2D eigenvalue weighted by atomic mass is 10.2. The first kappa shape index (κ1) is 15.3. The molecule has 0 amide bonds. The Hall–Kier alpha value is -2.05. The lowest BCUT2D eigenvalue weighted by Crippen LogP contribution is -2.18. The molecule has 0 atom stereocenters. The second-order valence-corrected chi connectivity index (χ2v) is 4.29. The summed E-state index contributed by atoms with van der Waals surface area (Å²) in [6.45, 7) is 0.654. The Morgan fingerprint density at radius 1 is 0.905 bits per heavy atom. The molecule has 3 nitrogen and oxygen atoms in total. The number of hydroxylamine groups is 1. The molecule has 0 bridgehead atoms. The highest BCUT2D eigenvalue weighted by Crippen LogP contribution is 2.23. The van der Waals surface area contributed by atoms with Crippen LogP contribution >= 0.6 is 0 Å². The maximum Gasteiger partial charge on any atom is 0.573 e. The highest BCUT2D eigenvalue weighted by molar-refractivity contribution is 5.28. The van der Waals surface area contributed by atoms with E-state index in [9.17, 15) is 13.2 Å². The van der Waals surface area contributed by atoms with Crippen molar-refractivity contribution in [2.75, 3.05) is 0 Å². The summed E-state index contributed by atoms with van der Waals surface area (Å²) < 4.78 is 40.2. The van der Waals surface area contributed by atoms with Crippen molar-refractivity contribution in [2.45, 2.75) is 19.5 Å². The van der Waals surface area contributed by atoms with E-state index in [0.717, 1.165) is 5.56 Å². The lowest BCUT2D eigenvalue weighted by molar-refractivity contribution is -0.274. The molecule has 0 saturated heterocycles. The van der Waals surface area contributed by atoms with Crippen molar-refractivity contribution < 1.29 is 22.7 Å². The molecule has 6 heteroatoms. The molecular formula is C15H14F3NO2. The lowest BCUT2D eigenvalue weighted by Gasteiger charge is -2.10. The van der Waals surface area contributed by atoms with E-state index in [-0.39, 0.29) is 12.3 Å². The monoisotopic (exact) mass is 297 g/mol. The fourth-order valence-electron chi connectivity index (χ4n) is 1.70. The first-order valence-electron chi connectivity index (χ1n) is 6.26. The number of rotatable bonds is 6. The third-order valence-corrected chi connectivity index (χ3v) is 2.59. The van der Waals surface area contributed by atoms with Crippen molar-refractivity contribution >= 4 is 0 Å². The molecule has 112 valence electrons. The Kier molecular flexibility index (Phi) is 5.19. The summed E-state index contributed by atoms with van der Waals surface area (Å²) in [6, 6.07) is 15.3. The van der Waals surface area contributed by atoms with E-state index in [0.29, 0.717) is 12.2 Å². The molecular weight excluding hydrogens is 283 g/mol. The summed E-state index contributed by atoms with van der Waals surface area (Å²) in [6.07, 6.45) is -4.68. The van der Waals surface area contributed by atoms with Crippen molar-refractivity contribution in [3.63, 3.8) is 0 Å². The van der Waals surface area contributed by atoms with Gasteiger partial charge in [-0.1, -0.05) is 42.5 Å². The van der Waals surface area contributed by atoms with E-state index < -0.39 is 6.36 Å². The predicted molar refractivity (Wildman–Crippen MR) is 71.2 cm³/mol. The fourth-order valence-corrected chi connectivity index (χ4v) is 1.70. The maximum absolute atomic E-state index is 12.1. The van der Waals surface area contributed by atoms with Gasteiger partial charge in [-0.2, -0.15) is 5.48 Å². The molecule has 2 aromatic carbocycles. The van der Waals surface area contributed by atoms with Crippen LogP contribution in [0.15, 0.2) is 54.6 Å². The van der Waals surface area contributed by atoms with Crippen LogP contribution in [0.5, 0.6) is 5.75 Å². The van der Waals surface area contributed by atoms with E-state index in [4.69, 9.17) is 4.84 Å². The van der Waals surface area contributed by atoms with E-state index in [1.165, 1.54) is 18.2 Å². The normalized spacial score (nSPS) is 11.4. The van der Waals surface area contributed by atoms with Crippen molar-refractivity contribution in [3.05, 3.63) is 65.7 Å². The van der Waals surface area contributed by atoms with Crippen molar-refractivity contribution in [2.24, 2.45) is 0 Å². The summed E-state index contributed by atoms with van der Waals surface area (Å²) >= 11 is 0. The van der Waals surface area contributed by atoms with E-state index in [1.54, 1.807) is 6.07 Å². The van der Waals surface area contributed by atoms with Crippen LogP contribution in [-0.2, 0) is 18.0 Å². The summed E-state index contributed by atoms with van der Waals surface area (Å²) in [5, 5.41) is 0. The van der Waals surface area contributed by atoms with Gasteiger partial charge in [-0.15, -0.1) is 13.2 Å². The van der Waals surface area contributed by atoms with Crippen LogP contribution < -0.4 is 10.2 Å². The van der Waals surface area contributed by atoms with Crippen LogP contribution in [0.1, 0.15) is 11.1 Å². The van der Waals surface area contributed by atoms with Gasteiger partial charge in [0, 0.05) is 6.54 Å². The fraction of sp³-hybridized carbons (Fsp3) is 0.200. The van der Waals surface area contributed by atoms with Gasteiger partial charge in [0.25, 0.3) is 0 Å². The van der Waals surface area contributed by atoms with Gasteiger partial charge in [0.15, 0.2) is 0 Å². The minimum absolute atomic E-state index is 0.246. The standard InChI is InChI=1S/C15H14F3NO2/c16-15(17,18)21-14-8-4-7-13(9-14)10-19-20-11-12-5-2-1-3-6-12/h1-9,19H,10-11H2. The zero-order valence-corrected chi connectivity index (χ0v) is 11.1. The van der Waals surface area contributed by atoms with Crippen molar-refractivity contribution in [3.8, 4) is 5.75 Å². The average Bonchev–Trinajstić information content (AvgIpc) is 2.43. The molecule has 0 fully saturated rings. The average molecular weight is 297 g/mol. The second-order valence-electron chi connectivity index (χ2n) is 4.29. The molecule has 0 heterocycles. The molecule has 2 aromatic rings. The van der Waals surface area contributed by atoms with Crippen LogP contribution in [0.2, 0.25) is 0 Å². The highest BCUT2D eigenvalue weighted by atomic mass is 19.4. The minimum Gasteiger partial charge on any atom is -0.406 e. The molecule has 0 aliphatic rings. The Labute approximate surface area is 120 Å². The smallest absolute Gasteiger partial charge is 0.406 e. The van der Waals surface area contributed by atoms with E-state index in [1.807, 2.05) is 30.3 Å². The summed E-state index contributed by atoms with van der Waals surface area (Å²) in [7, 11) is 0. The van der Waals surface area contributed by atoms with Crippen LogP contribution in [0.25, 0.3) is 0 Å². The third kappa shape index (κ3) is 5.85. The van der Waals surface area contributed by atoms with Gasteiger partial charge in [-0.05, 0) is 23.3 Å². The van der Waals surface area contributed by atoms with Gasteiger partial charge in [-0.25, -0.2) is 0 Å². The Morgan fingerprint density at radius 2 is 1.62 bits per heavy atom. The Bertz CT molecular complexity index is 558. The number of benzene rings is 2. The van der Waals surface area contributed by atoms with Gasteiger partial charge in [0.2, 0.25) is 0 Å². The van der Waals surface area contributed by atoms with Crippen molar-refractivity contribution in [1.29, 1.82) is 0 Å². The van der Waals surface area contributed by atoms with Gasteiger partial charge in [0.1, 0.15) is 5.75 Å². The second kappa shape index (κ2) is 7.10. The largest absolute Gasteiger partial charge is 0.573 e. The van der Waals surface area contributed by atoms with Gasteiger partial charge in [0.05, 0.1) is 6.61 Å². The van der Waals surface area contributed by atoms with E-state index >= 15 is 0 Å². The van der Waals surface area contributed by atoms with Crippen LogP contribution in [-0.4, -0.2) is 6.36 Å². The molecule has 0 unspecified atom stereocenters. The number of hydrogen-bond acceptors (Lipinski definition) is 3. The molecule has 0 aromatic heterocycles. The summed E-state index contributed by atoms with van der Waals surface area (Å²) in [5.74, 6) is -0.246. The first-order valence-corrected chi connectivity index (χ1v) is 6.26. The van der Waals surface area contributed by atoms with Gasteiger partial charge < -0.3 is 4.74 Å². The van der Waals surface area contributed by atoms with Crippen LogP contribution in [0.3, 0.4) is 0 Å². The maximum atomic E-state index is 12.1. The Morgan fingerprint density at radius 3 is 2.33 bits per heavy atom. The molecule has 0 aliphatic heterocycles. The Balaban J connectivity index is 1.79. The zero-order chi connectivity index (χ0) is 15.1. The van der Waals surface area contributed by atoms with Crippen LogP contribution in [0, 0.1) is 0 Å². The summed E-state index contributed by atoms with van der Waals surface area (Å²) in [5.41, 5.74) is 4.33. The van der Waals surface area contributed by atoms with Crippen molar-refractivity contribution in [1.82, 2.24) is 5.48 Å². The number of ether oxygens (including phenoxy) is 1. The number of halogens is 3. The van der Waals surface area contributed by atoms with Gasteiger partial charge >= 0.3 is 6.36 Å². The zero-order valence-electron chi connectivity index (χ0n) is 11.1. The quantitative estimate of drug-likeness (QED) is 0.649. The molecule has 0 spiro atoms. The number of nitrogens with one attached hydrogen (secondary N) is 1. The highest BCUT2D eigenvalue weighted by Gasteiger charge is 2.31. The number of hydrogen-bond donors (Lipinski definition) is 1. The van der Waals surface area contributed by atoms with Gasteiger partial charge in [-0.3, -0.25) is 4.84 Å². The third-order valence-electron chi connectivity index (χ3n) is 2.59. The molecule has 0 radical (unpaired) electrons. The van der Waals surface area contributed by atoms with Crippen LogP contribution in [0.4, 0.5) is 13.2 Å². The summed E-state index contributed by atoms with van der Waals surface area (Å²) in [4.78, 5) is 5.25. The molecule has 1 N–H and O–H groups in total. The number of alkyl halides is 3. The SMILES string of the molecule is FC(F)(F)Oc1cccc(CNOCc2ccccc2)c1. The molecule has 0 aliphatic carbocycles.